The minimum atomic E-state index is -1.07. The Morgan fingerprint density at radius 2 is 1.82 bits per heavy atom. The van der Waals surface area contributed by atoms with Gasteiger partial charge in [0.15, 0.2) is 29.0 Å². The number of nitrogens with zero attached hydrogens (tertiary/aromatic N) is 5. The molecule has 3 N–H and O–H groups in total. The van der Waals surface area contributed by atoms with E-state index in [1.54, 1.807) is 23.0 Å². The predicted octanol–water partition coefficient (Wildman–Crippen LogP) is 3.06. The summed E-state index contributed by atoms with van der Waals surface area (Å²) in [5.41, 5.74) is 1.48. The molecule has 14 nitrogen and oxygen atoms in total. The highest BCUT2D eigenvalue weighted by Crippen LogP contribution is 2.44. The summed E-state index contributed by atoms with van der Waals surface area (Å²) in [4.78, 5) is 40.7. The lowest BCUT2D eigenvalue weighted by Crippen LogP contribution is -2.34. The molecular formula is C26H25N7O7. The monoisotopic (exact) mass is 547 g/mol. The van der Waals surface area contributed by atoms with Gasteiger partial charge in [0.2, 0.25) is 5.88 Å². The van der Waals surface area contributed by atoms with E-state index in [0.717, 1.165) is 0 Å². The van der Waals surface area contributed by atoms with Crippen LogP contribution in [0.15, 0.2) is 61.3 Å². The number of carbonyl (C=O) groups excluding carboxylic acids is 1. The number of carbonyl (C=O) groups is 2. The highest BCUT2D eigenvalue weighted by atomic mass is 16.8. The zero-order chi connectivity index (χ0) is 27.9. The summed E-state index contributed by atoms with van der Waals surface area (Å²) in [6.07, 6.45) is 1.88. The van der Waals surface area contributed by atoms with E-state index in [2.05, 4.69) is 30.6 Å². The van der Waals surface area contributed by atoms with E-state index in [1.807, 2.05) is 32.0 Å². The molecule has 0 saturated carbocycles. The number of ether oxygens (including phenoxy) is 4. The number of urea groups is 1. The Morgan fingerprint density at radius 1 is 1.02 bits per heavy atom. The molecule has 2 fully saturated rings. The summed E-state index contributed by atoms with van der Waals surface area (Å²) in [7, 11) is 0. The second-order valence-corrected chi connectivity index (χ2v) is 9.62. The molecule has 4 unspecified atom stereocenters. The van der Waals surface area contributed by atoms with E-state index in [-0.39, 0.29) is 23.9 Å². The first kappa shape index (κ1) is 25.6. The van der Waals surface area contributed by atoms with Crippen LogP contribution in [0.2, 0.25) is 0 Å². The number of fused-ring (bicyclic) bond motifs is 2. The number of rotatable bonds is 7. The molecule has 2 aliphatic rings. The molecule has 4 atom stereocenters. The van der Waals surface area contributed by atoms with Crippen LogP contribution in [-0.4, -0.2) is 72.3 Å². The first-order valence-electron chi connectivity index (χ1n) is 12.4. The predicted molar refractivity (Wildman–Crippen MR) is 139 cm³/mol. The van der Waals surface area contributed by atoms with Crippen molar-refractivity contribution in [1.29, 1.82) is 0 Å². The molecule has 2 amide bonds. The minimum Gasteiger partial charge on any atom is -0.478 e. The second-order valence-electron chi connectivity index (χ2n) is 9.62. The Hall–Kier alpha value is -4.66. The number of hydrogen-bond donors (Lipinski definition) is 3. The van der Waals surface area contributed by atoms with Crippen LogP contribution >= 0.6 is 0 Å². The Labute approximate surface area is 227 Å². The summed E-state index contributed by atoms with van der Waals surface area (Å²) in [6.45, 7) is 3.70. The molecule has 0 radical (unpaired) electrons. The molecule has 2 aliphatic heterocycles. The molecule has 40 heavy (non-hydrogen) atoms. The maximum atomic E-state index is 12.6. The van der Waals surface area contributed by atoms with Gasteiger partial charge in [-0.3, -0.25) is 9.88 Å². The van der Waals surface area contributed by atoms with Crippen molar-refractivity contribution in [2.45, 2.75) is 44.2 Å². The van der Waals surface area contributed by atoms with E-state index >= 15 is 0 Å². The Bertz CT molecular complexity index is 1540. The Kier molecular flexibility index (Phi) is 6.50. The molecular weight excluding hydrogens is 522 g/mol. The number of amides is 2. The first-order valence-corrected chi connectivity index (χ1v) is 12.4. The van der Waals surface area contributed by atoms with Gasteiger partial charge in [-0.2, -0.15) is 0 Å². The van der Waals surface area contributed by atoms with Crippen LogP contribution in [0.1, 0.15) is 30.4 Å². The van der Waals surface area contributed by atoms with Crippen LogP contribution in [-0.2, 0) is 14.2 Å². The maximum Gasteiger partial charge on any atom is 0.337 e. The van der Waals surface area contributed by atoms with Gasteiger partial charge in [0.25, 0.3) is 0 Å². The quantitative estimate of drug-likeness (QED) is 0.310. The third kappa shape index (κ3) is 5.02. The largest absolute Gasteiger partial charge is 0.478 e. The van der Waals surface area contributed by atoms with Gasteiger partial charge in [-0.25, -0.2) is 29.5 Å². The number of para-hydroxylation sites is 1. The summed E-state index contributed by atoms with van der Waals surface area (Å²) in [6, 6.07) is 11.4. The number of carboxylic acid groups (broad SMARTS) is 1. The van der Waals surface area contributed by atoms with Gasteiger partial charge in [-0.15, -0.1) is 0 Å². The highest BCUT2D eigenvalue weighted by molar-refractivity contribution is 6.02. The summed E-state index contributed by atoms with van der Waals surface area (Å²) >= 11 is 0. The number of benzene rings is 1. The molecule has 2 saturated heterocycles. The molecule has 0 bridgehead atoms. The number of aromatic carboxylic acids is 1. The number of carboxylic acids is 1. The number of pyridine rings is 1. The average Bonchev–Trinajstić information content (AvgIpc) is 3.59. The number of anilines is 2. The van der Waals surface area contributed by atoms with E-state index in [1.165, 1.54) is 24.7 Å². The van der Waals surface area contributed by atoms with Crippen molar-refractivity contribution in [1.82, 2.24) is 24.5 Å². The fourth-order valence-corrected chi connectivity index (χ4v) is 4.70. The van der Waals surface area contributed by atoms with Gasteiger partial charge in [0.05, 0.1) is 11.9 Å². The molecule has 5 heterocycles. The minimum absolute atomic E-state index is 0.0549. The molecule has 1 aromatic carbocycles. The molecule has 14 heteroatoms. The topological polar surface area (TPSA) is 172 Å². The highest BCUT2D eigenvalue weighted by Gasteiger charge is 2.56. The first-order chi connectivity index (χ1) is 19.3. The Balaban J connectivity index is 1.21. The van der Waals surface area contributed by atoms with Gasteiger partial charge in [-0.1, -0.05) is 18.2 Å². The second kappa shape index (κ2) is 10.1. The van der Waals surface area contributed by atoms with Crippen LogP contribution < -0.4 is 15.4 Å². The summed E-state index contributed by atoms with van der Waals surface area (Å²) in [5.74, 6) is -1.47. The fourth-order valence-electron chi connectivity index (χ4n) is 4.70. The lowest BCUT2D eigenvalue weighted by Gasteiger charge is -2.24. The SMILES string of the molecule is CC1(C)OC2C(COc3ccc(C(=O)O)cn3)OC(n3cnc4c(NC(=O)Nc5ccccc5)ncnc43)C2O1. The number of nitrogens with one attached hydrogen (secondary N) is 2. The third-order valence-electron chi connectivity index (χ3n) is 6.40. The number of aromatic nitrogens is 5. The van der Waals surface area contributed by atoms with Gasteiger partial charge in [0, 0.05) is 18.0 Å². The van der Waals surface area contributed by atoms with Crippen LogP contribution in [0.3, 0.4) is 0 Å². The zero-order valence-electron chi connectivity index (χ0n) is 21.4. The fraction of sp³-hybridized carbons (Fsp3) is 0.308. The zero-order valence-corrected chi connectivity index (χ0v) is 21.4. The van der Waals surface area contributed by atoms with Gasteiger partial charge in [-0.05, 0) is 32.0 Å². The van der Waals surface area contributed by atoms with E-state index in [9.17, 15) is 9.59 Å². The molecule has 6 rings (SSSR count). The lowest BCUT2D eigenvalue weighted by atomic mass is 10.1. The number of imidazole rings is 1. The lowest BCUT2D eigenvalue weighted by molar-refractivity contribution is -0.199. The number of hydrogen-bond acceptors (Lipinski definition) is 10. The maximum absolute atomic E-state index is 12.6. The van der Waals surface area contributed by atoms with Crippen LogP contribution in [0.4, 0.5) is 16.3 Å². The van der Waals surface area contributed by atoms with Crippen molar-refractivity contribution in [2.24, 2.45) is 0 Å². The Morgan fingerprint density at radius 3 is 2.58 bits per heavy atom. The van der Waals surface area contributed by atoms with Crippen molar-refractivity contribution >= 4 is 34.7 Å². The van der Waals surface area contributed by atoms with E-state index in [0.29, 0.717) is 16.9 Å². The van der Waals surface area contributed by atoms with Crippen molar-refractivity contribution in [3.63, 3.8) is 0 Å². The van der Waals surface area contributed by atoms with Gasteiger partial charge in [0.1, 0.15) is 31.2 Å². The smallest absolute Gasteiger partial charge is 0.337 e. The van der Waals surface area contributed by atoms with Crippen LogP contribution in [0.5, 0.6) is 5.88 Å². The van der Waals surface area contributed by atoms with Crippen molar-refractivity contribution in [3.8, 4) is 5.88 Å². The normalized spacial score (nSPS) is 23.1. The average molecular weight is 548 g/mol. The van der Waals surface area contributed by atoms with E-state index in [4.69, 9.17) is 24.1 Å². The summed E-state index contributed by atoms with van der Waals surface area (Å²) < 4.78 is 26.2. The third-order valence-corrected chi connectivity index (χ3v) is 6.40. The molecule has 3 aromatic heterocycles. The molecule has 0 spiro atoms. The van der Waals surface area contributed by atoms with Crippen molar-refractivity contribution in [2.75, 3.05) is 17.2 Å². The standard InChI is InChI=1S/C26H25N7O7/c1-26(2)39-19-16(11-37-17-9-8-14(10-27-17)24(34)35)38-23(20(19)40-26)33-13-30-18-21(28-12-29-22(18)33)32-25(36)31-15-6-4-3-5-7-15/h3-10,12-13,16,19-20,23H,11H2,1-2H3,(H,34,35)(H2,28,29,31,32,36). The molecule has 4 aromatic rings. The van der Waals surface area contributed by atoms with Crippen molar-refractivity contribution in [3.05, 3.63) is 66.9 Å². The van der Waals surface area contributed by atoms with Crippen LogP contribution in [0.25, 0.3) is 11.2 Å². The molecule has 0 aliphatic carbocycles. The van der Waals surface area contributed by atoms with Gasteiger partial charge >= 0.3 is 12.0 Å². The van der Waals surface area contributed by atoms with Crippen LogP contribution in [0, 0.1) is 0 Å². The summed E-state index contributed by atoms with van der Waals surface area (Å²) in [5, 5.41) is 14.5. The van der Waals surface area contributed by atoms with Gasteiger partial charge < -0.3 is 29.4 Å². The molecule has 206 valence electrons. The van der Waals surface area contributed by atoms with E-state index < -0.39 is 42.3 Å². The van der Waals surface area contributed by atoms with Crippen molar-refractivity contribution < 1.29 is 33.6 Å².